The molecule has 0 aliphatic heterocycles. The number of amides is 1. The van der Waals surface area contributed by atoms with E-state index in [9.17, 15) is 4.79 Å². The van der Waals surface area contributed by atoms with Crippen molar-refractivity contribution >= 4 is 5.91 Å². The molecule has 3 unspecified atom stereocenters. The third-order valence-electron chi connectivity index (χ3n) is 2.71. The highest BCUT2D eigenvalue weighted by atomic mass is 16.1. The summed E-state index contributed by atoms with van der Waals surface area (Å²) < 4.78 is 0. The first-order chi connectivity index (χ1) is 5.68. The van der Waals surface area contributed by atoms with E-state index in [1.165, 1.54) is 6.92 Å². The second-order valence-corrected chi connectivity index (χ2v) is 3.68. The Morgan fingerprint density at radius 3 is 2.92 bits per heavy atom. The fourth-order valence-corrected chi connectivity index (χ4v) is 1.86. The van der Waals surface area contributed by atoms with Crippen molar-refractivity contribution in [1.29, 1.82) is 0 Å². The summed E-state index contributed by atoms with van der Waals surface area (Å²) >= 11 is 0. The molecule has 0 spiro atoms. The number of fused-ring (bicyclic) bond motifs is 1. The molecule has 3 atom stereocenters. The minimum Gasteiger partial charge on any atom is -0.327 e. The molecule has 0 heterocycles. The van der Waals surface area contributed by atoms with Gasteiger partial charge in [-0.1, -0.05) is 19.1 Å². The zero-order valence-electron chi connectivity index (χ0n) is 7.37. The zero-order valence-corrected chi connectivity index (χ0v) is 7.37. The van der Waals surface area contributed by atoms with Gasteiger partial charge in [-0.2, -0.15) is 0 Å². The maximum atomic E-state index is 10.7. The van der Waals surface area contributed by atoms with Gasteiger partial charge in [-0.05, 0) is 23.8 Å². The third-order valence-corrected chi connectivity index (χ3v) is 2.71. The summed E-state index contributed by atoms with van der Waals surface area (Å²) in [5, 5.41) is 2.79. The van der Waals surface area contributed by atoms with Crippen LogP contribution in [-0.4, -0.2) is 5.91 Å². The quantitative estimate of drug-likeness (QED) is 0.629. The highest BCUT2D eigenvalue weighted by Crippen LogP contribution is 2.50. The molecule has 66 valence electrons. The van der Waals surface area contributed by atoms with Gasteiger partial charge in [-0.15, -0.1) is 0 Å². The monoisotopic (exact) mass is 165 g/mol. The molecule has 1 amide bonds. The molecule has 0 saturated heterocycles. The van der Waals surface area contributed by atoms with Crippen LogP contribution in [0.2, 0.25) is 0 Å². The van der Waals surface area contributed by atoms with E-state index in [1.807, 2.05) is 6.08 Å². The Hall–Kier alpha value is -1.05. The molecule has 1 fully saturated rings. The van der Waals surface area contributed by atoms with Crippen LogP contribution in [0.1, 0.15) is 15.3 Å². The molecule has 2 rings (SSSR count). The van der Waals surface area contributed by atoms with E-state index in [2.05, 4.69) is 24.4 Å². The lowest BCUT2D eigenvalue weighted by molar-refractivity contribution is -0.118. The van der Waals surface area contributed by atoms with Gasteiger partial charge in [0.2, 0.25) is 5.91 Å². The van der Waals surface area contributed by atoms with Crippen LogP contribution in [0.5, 0.6) is 0 Å². The molecule has 1 N–H and O–H groups in total. The molecule has 0 aromatic rings. The van der Waals surface area contributed by atoms with E-state index in [1.54, 1.807) is 0 Å². The predicted molar refractivity (Wildman–Crippen MR) is 49.3 cm³/mol. The van der Waals surface area contributed by atoms with Crippen LogP contribution in [0.4, 0.5) is 0 Å². The van der Waals surface area contributed by atoms with Gasteiger partial charge in [0.15, 0.2) is 0 Å². The van der Waals surface area contributed by atoms with E-state index in [0.29, 0.717) is 5.92 Å². The number of hydrogen-bond donors (Lipinski definition) is 1. The Bertz CT molecular complexity index is 283. The SMILES string of the molecule is CC(=O)NC1=CC2C(C)C2C=C1.[HH]. The highest BCUT2D eigenvalue weighted by Gasteiger charge is 2.44. The first-order valence-electron chi connectivity index (χ1n) is 4.36. The van der Waals surface area contributed by atoms with E-state index in [-0.39, 0.29) is 7.33 Å². The smallest absolute Gasteiger partial charge is 0.221 e. The summed E-state index contributed by atoms with van der Waals surface area (Å²) in [4.78, 5) is 10.7. The summed E-state index contributed by atoms with van der Waals surface area (Å²) in [6.07, 6.45) is 6.36. The van der Waals surface area contributed by atoms with E-state index < -0.39 is 0 Å². The maximum Gasteiger partial charge on any atom is 0.221 e. The average molecular weight is 165 g/mol. The van der Waals surface area contributed by atoms with Gasteiger partial charge in [0.25, 0.3) is 0 Å². The van der Waals surface area contributed by atoms with Crippen molar-refractivity contribution in [3.8, 4) is 0 Å². The zero-order chi connectivity index (χ0) is 8.72. The molecule has 0 radical (unpaired) electrons. The van der Waals surface area contributed by atoms with Gasteiger partial charge in [-0.25, -0.2) is 0 Å². The minimum atomic E-state index is 0. The summed E-state index contributed by atoms with van der Waals surface area (Å²) in [6, 6.07) is 0. The van der Waals surface area contributed by atoms with Crippen LogP contribution in [0.25, 0.3) is 0 Å². The number of allylic oxidation sites excluding steroid dienone is 3. The van der Waals surface area contributed by atoms with E-state index in [4.69, 9.17) is 0 Å². The van der Waals surface area contributed by atoms with Crippen molar-refractivity contribution < 1.29 is 6.22 Å². The van der Waals surface area contributed by atoms with Crippen LogP contribution < -0.4 is 5.32 Å². The van der Waals surface area contributed by atoms with Gasteiger partial charge < -0.3 is 5.32 Å². The van der Waals surface area contributed by atoms with Crippen LogP contribution in [0, 0.1) is 17.8 Å². The summed E-state index contributed by atoms with van der Waals surface area (Å²) in [6.45, 7) is 3.78. The molecule has 2 heteroatoms. The Morgan fingerprint density at radius 2 is 2.33 bits per heavy atom. The maximum absolute atomic E-state index is 10.7. The molecule has 0 aromatic carbocycles. The van der Waals surface area contributed by atoms with Crippen LogP contribution >= 0.6 is 0 Å². The molecule has 0 aromatic heterocycles. The average Bonchev–Trinajstić information content (AvgIpc) is 2.61. The minimum absolute atomic E-state index is 0. The molecule has 2 aliphatic rings. The molecular weight excluding hydrogens is 150 g/mol. The molecule has 0 bridgehead atoms. The topological polar surface area (TPSA) is 29.1 Å². The molecule has 1 saturated carbocycles. The fraction of sp³-hybridized carbons (Fsp3) is 0.500. The van der Waals surface area contributed by atoms with Crippen molar-refractivity contribution in [1.82, 2.24) is 5.32 Å². The van der Waals surface area contributed by atoms with Crippen molar-refractivity contribution in [3.05, 3.63) is 23.9 Å². The Labute approximate surface area is 73.8 Å². The van der Waals surface area contributed by atoms with Crippen LogP contribution in [0.15, 0.2) is 23.9 Å². The molecule has 12 heavy (non-hydrogen) atoms. The lowest BCUT2D eigenvalue weighted by Gasteiger charge is -2.05. The number of carbonyl (C=O) groups is 1. The lowest BCUT2D eigenvalue weighted by atomic mass is 10.1. The summed E-state index contributed by atoms with van der Waals surface area (Å²) in [7, 11) is 0. The third kappa shape index (κ3) is 1.17. The largest absolute Gasteiger partial charge is 0.327 e. The molecule has 2 nitrogen and oxygen atoms in total. The van der Waals surface area contributed by atoms with Gasteiger partial charge >= 0.3 is 0 Å². The second-order valence-electron chi connectivity index (χ2n) is 3.68. The van der Waals surface area contributed by atoms with Crippen LogP contribution in [0.3, 0.4) is 0 Å². The van der Waals surface area contributed by atoms with Crippen molar-refractivity contribution in [2.75, 3.05) is 0 Å². The second kappa shape index (κ2) is 2.47. The lowest BCUT2D eigenvalue weighted by Crippen LogP contribution is -2.18. The molecular formula is C10H15NO. The summed E-state index contributed by atoms with van der Waals surface area (Å²) in [5.41, 5.74) is 0.966. The normalized spacial score (nSPS) is 36.8. The predicted octanol–water partition coefficient (Wildman–Crippen LogP) is 1.70. The van der Waals surface area contributed by atoms with E-state index in [0.717, 1.165) is 17.5 Å². The number of hydrogen-bond acceptors (Lipinski definition) is 1. The van der Waals surface area contributed by atoms with E-state index >= 15 is 0 Å². The number of rotatable bonds is 1. The fourth-order valence-electron chi connectivity index (χ4n) is 1.86. The van der Waals surface area contributed by atoms with Crippen molar-refractivity contribution in [2.24, 2.45) is 17.8 Å². The van der Waals surface area contributed by atoms with Gasteiger partial charge in [0, 0.05) is 14.0 Å². The van der Waals surface area contributed by atoms with Crippen LogP contribution in [-0.2, 0) is 4.79 Å². The Morgan fingerprint density at radius 1 is 1.58 bits per heavy atom. The molecule has 2 aliphatic carbocycles. The Kier molecular flexibility index (Phi) is 1.56. The first-order valence-corrected chi connectivity index (χ1v) is 4.36. The van der Waals surface area contributed by atoms with Gasteiger partial charge in [0.1, 0.15) is 0 Å². The standard InChI is InChI=1S/C10H13NO.H2/c1-6-9-4-3-8(5-10(6)9)11-7(2)12;/h3-6,9-10H,1-2H3,(H,11,12);1H. The summed E-state index contributed by atoms with van der Waals surface area (Å²) in [5.74, 6) is 2.20. The number of carbonyl (C=O) groups excluding carboxylic acids is 1. The highest BCUT2D eigenvalue weighted by molar-refractivity contribution is 5.75. The Balaban J connectivity index is 0.000000845. The van der Waals surface area contributed by atoms with Crippen molar-refractivity contribution in [2.45, 2.75) is 13.8 Å². The van der Waals surface area contributed by atoms with Crippen molar-refractivity contribution in [3.63, 3.8) is 0 Å². The van der Waals surface area contributed by atoms with Gasteiger partial charge in [-0.3, -0.25) is 4.79 Å². The first kappa shape index (κ1) is 7.59. The van der Waals surface area contributed by atoms with Gasteiger partial charge in [0.05, 0.1) is 0 Å². The number of nitrogens with one attached hydrogen (secondary N) is 1.